The van der Waals surface area contributed by atoms with Crippen LogP contribution in [0.4, 0.5) is 0 Å². The second-order valence-electron chi connectivity index (χ2n) is 9.08. The maximum atomic E-state index is 6.81. The molecule has 5 rings (SSSR count). The van der Waals surface area contributed by atoms with E-state index in [-0.39, 0.29) is 6.04 Å². The van der Waals surface area contributed by atoms with Crippen molar-refractivity contribution in [2.75, 3.05) is 27.3 Å². The van der Waals surface area contributed by atoms with Crippen LogP contribution in [0.25, 0.3) is 0 Å². The Labute approximate surface area is 184 Å². The van der Waals surface area contributed by atoms with Crippen molar-refractivity contribution < 1.29 is 19.1 Å². The number of hydrogen-bond donors (Lipinski definition) is 1. The number of fused-ring (bicyclic) bond motifs is 4. The van der Waals surface area contributed by atoms with Crippen LogP contribution in [-0.4, -0.2) is 49.8 Å². The summed E-state index contributed by atoms with van der Waals surface area (Å²) in [5, 5.41) is 7.44. The summed E-state index contributed by atoms with van der Waals surface area (Å²) in [5.41, 5.74) is 2.99. The third-order valence-electron chi connectivity index (χ3n) is 7.12. The van der Waals surface area contributed by atoms with Crippen molar-refractivity contribution >= 4 is 5.71 Å². The Kier molecular flexibility index (Phi) is 5.05. The lowest BCUT2D eigenvalue weighted by Gasteiger charge is -2.50. The molecule has 0 aromatic heterocycles. The van der Waals surface area contributed by atoms with Gasteiger partial charge in [-0.1, -0.05) is 12.1 Å². The van der Waals surface area contributed by atoms with Gasteiger partial charge in [0.05, 0.1) is 57.9 Å². The molecule has 0 bridgehead atoms. The van der Waals surface area contributed by atoms with Crippen molar-refractivity contribution in [3.8, 4) is 17.2 Å². The van der Waals surface area contributed by atoms with Crippen LogP contribution in [-0.2, 0) is 0 Å². The van der Waals surface area contributed by atoms with Crippen LogP contribution >= 0.6 is 0 Å². The van der Waals surface area contributed by atoms with Gasteiger partial charge in [-0.05, 0) is 49.7 Å². The number of rotatable bonds is 4. The number of methoxy groups -OCH3 is 2. The predicted molar refractivity (Wildman–Crippen MR) is 120 cm³/mol. The van der Waals surface area contributed by atoms with Crippen LogP contribution in [0.3, 0.4) is 0 Å². The SMILES string of the molecule is COc1ccc(C2=NN3[C@H](C2)c2cccc(OC)c2OC32CC[NH+](C(C)C)CC2)cc1. The third-order valence-corrected chi connectivity index (χ3v) is 7.12. The fraction of sp³-hybridized carbons (Fsp3) is 0.480. The van der Waals surface area contributed by atoms with E-state index in [0.717, 1.165) is 66.4 Å². The summed E-state index contributed by atoms with van der Waals surface area (Å²) in [5.74, 6) is 2.57. The van der Waals surface area contributed by atoms with Crippen LogP contribution in [0.15, 0.2) is 47.6 Å². The molecule has 2 aromatic rings. The largest absolute Gasteiger partial charge is 0.497 e. The summed E-state index contributed by atoms with van der Waals surface area (Å²) in [7, 11) is 3.41. The normalized spacial score (nSPS) is 26.9. The Morgan fingerprint density at radius 3 is 2.45 bits per heavy atom. The summed E-state index contributed by atoms with van der Waals surface area (Å²) < 4.78 is 17.8. The highest BCUT2D eigenvalue weighted by Gasteiger charge is 2.53. The Morgan fingerprint density at radius 1 is 1.06 bits per heavy atom. The monoisotopic (exact) mass is 422 g/mol. The first-order chi connectivity index (χ1) is 15.0. The highest BCUT2D eigenvalue weighted by atomic mass is 16.5. The Hall–Kier alpha value is -2.73. The summed E-state index contributed by atoms with van der Waals surface area (Å²) in [6, 6.07) is 15.2. The molecule has 6 nitrogen and oxygen atoms in total. The molecule has 31 heavy (non-hydrogen) atoms. The first kappa shape index (κ1) is 20.2. The highest BCUT2D eigenvalue weighted by Crippen LogP contribution is 2.52. The fourth-order valence-corrected chi connectivity index (χ4v) is 5.26. The molecule has 1 N–H and O–H groups in total. The molecule has 164 valence electrons. The first-order valence-electron chi connectivity index (χ1n) is 11.3. The molecule has 1 spiro atoms. The summed E-state index contributed by atoms with van der Waals surface area (Å²) in [4.78, 5) is 1.63. The number of hydrazone groups is 1. The minimum Gasteiger partial charge on any atom is -0.497 e. The van der Waals surface area contributed by atoms with Crippen LogP contribution in [0.5, 0.6) is 17.2 Å². The molecule has 6 heteroatoms. The number of likely N-dealkylation sites (tertiary alicyclic amines) is 1. The smallest absolute Gasteiger partial charge is 0.209 e. The maximum Gasteiger partial charge on any atom is 0.209 e. The number of hydrogen-bond acceptors (Lipinski definition) is 5. The van der Waals surface area contributed by atoms with E-state index in [1.54, 1.807) is 19.1 Å². The van der Waals surface area contributed by atoms with E-state index in [2.05, 4.69) is 37.1 Å². The molecule has 3 aliphatic rings. The maximum absolute atomic E-state index is 6.81. The van der Waals surface area contributed by atoms with E-state index in [4.69, 9.17) is 19.3 Å². The summed E-state index contributed by atoms with van der Waals surface area (Å²) >= 11 is 0. The van der Waals surface area contributed by atoms with E-state index >= 15 is 0 Å². The van der Waals surface area contributed by atoms with Gasteiger partial charge in [-0.15, -0.1) is 0 Å². The second-order valence-corrected chi connectivity index (χ2v) is 9.08. The number of ether oxygens (including phenoxy) is 3. The van der Waals surface area contributed by atoms with Gasteiger partial charge in [-0.2, -0.15) is 5.10 Å². The molecule has 0 unspecified atom stereocenters. The lowest BCUT2D eigenvalue weighted by Crippen LogP contribution is -3.16. The van der Waals surface area contributed by atoms with Crippen molar-refractivity contribution in [1.82, 2.24) is 5.01 Å². The van der Waals surface area contributed by atoms with Crippen LogP contribution < -0.4 is 19.1 Å². The molecular formula is C25H32N3O3+. The number of piperidine rings is 1. The van der Waals surface area contributed by atoms with E-state index in [9.17, 15) is 0 Å². The van der Waals surface area contributed by atoms with Gasteiger partial charge >= 0.3 is 0 Å². The highest BCUT2D eigenvalue weighted by molar-refractivity contribution is 6.02. The van der Waals surface area contributed by atoms with Crippen LogP contribution in [0.2, 0.25) is 0 Å². The van der Waals surface area contributed by atoms with Crippen molar-refractivity contribution in [3.05, 3.63) is 53.6 Å². The first-order valence-corrected chi connectivity index (χ1v) is 11.3. The topological polar surface area (TPSA) is 47.7 Å². The summed E-state index contributed by atoms with van der Waals surface area (Å²) in [6.45, 7) is 6.76. The lowest BCUT2D eigenvalue weighted by atomic mass is 9.90. The Balaban J connectivity index is 1.54. The molecule has 1 atom stereocenters. The molecule has 1 fully saturated rings. The second kappa shape index (κ2) is 7.75. The van der Waals surface area contributed by atoms with E-state index < -0.39 is 5.72 Å². The zero-order valence-electron chi connectivity index (χ0n) is 18.9. The molecule has 2 aromatic carbocycles. The molecular weight excluding hydrogens is 390 g/mol. The number of para-hydroxylation sites is 1. The van der Waals surface area contributed by atoms with Gasteiger partial charge < -0.3 is 19.1 Å². The van der Waals surface area contributed by atoms with E-state index in [1.807, 2.05) is 24.3 Å². The predicted octanol–water partition coefficient (Wildman–Crippen LogP) is 3.03. The minimum absolute atomic E-state index is 0.163. The van der Waals surface area contributed by atoms with Crippen molar-refractivity contribution in [3.63, 3.8) is 0 Å². The van der Waals surface area contributed by atoms with Crippen LogP contribution in [0, 0.1) is 0 Å². The average Bonchev–Trinajstić information content (AvgIpc) is 3.26. The minimum atomic E-state index is -0.418. The molecule has 0 saturated carbocycles. The third kappa shape index (κ3) is 3.33. The number of benzene rings is 2. The zero-order chi connectivity index (χ0) is 21.6. The van der Waals surface area contributed by atoms with Gasteiger partial charge in [-0.3, -0.25) is 0 Å². The van der Waals surface area contributed by atoms with Gasteiger partial charge in [-0.25, -0.2) is 5.01 Å². The molecule has 0 aliphatic carbocycles. The van der Waals surface area contributed by atoms with E-state index in [0.29, 0.717) is 6.04 Å². The van der Waals surface area contributed by atoms with Gasteiger partial charge in [0.15, 0.2) is 11.5 Å². The molecule has 1 saturated heterocycles. The molecule has 3 aliphatic heterocycles. The molecule has 3 heterocycles. The molecule has 0 amide bonds. The number of nitrogens with one attached hydrogen (secondary N) is 1. The standard InChI is InChI=1S/C25H31N3O3/c1-17(2)27-14-12-25(13-15-27)28-22(20-6-5-7-23(30-4)24(20)31-25)16-21(26-28)18-8-10-19(29-3)11-9-18/h5-11,17,22H,12-16H2,1-4H3/p+1/t22-/m1/s1. The van der Waals surface area contributed by atoms with Crippen molar-refractivity contribution in [2.24, 2.45) is 5.10 Å². The summed E-state index contributed by atoms with van der Waals surface area (Å²) in [6.07, 6.45) is 2.76. The van der Waals surface area contributed by atoms with Gasteiger partial charge in [0.1, 0.15) is 5.75 Å². The zero-order valence-corrected chi connectivity index (χ0v) is 18.9. The average molecular weight is 423 g/mol. The van der Waals surface area contributed by atoms with Crippen LogP contribution in [0.1, 0.15) is 50.3 Å². The van der Waals surface area contributed by atoms with Crippen molar-refractivity contribution in [1.29, 1.82) is 0 Å². The lowest BCUT2D eigenvalue weighted by molar-refractivity contribution is -0.929. The van der Waals surface area contributed by atoms with Gasteiger partial charge in [0.2, 0.25) is 5.72 Å². The Morgan fingerprint density at radius 2 is 1.81 bits per heavy atom. The molecule has 0 radical (unpaired) electrons. The van der Waals surface area contributed by atoms with Crippen molar-refractivity contribution in [2.45, 2.75) is 50.9 Å². The van der Waals surface area contributed by atoms with E-state index in [1.165, 1.54) is 0 Å². The number of nitrogens with zero attached hydrogens (tertiary/aromatic N) is 2. The quantitative estimate of drug-likeness (QED) is 0.823. The fourth-order valence-electron chi connectivity index (χ4n) is 5.26. The Bertz CT molecular complexity index is 978. The number of quaternary nitrogens is 1. The van der Waals surface area contributed by atoms with Gasteiger partial charge in [0.25, 0.3) is 0 Å². The van der Waals surface area contributed by atoms with Gasteiger partial charge in [0, 0.05) is 12.0 Å².